The molecule has 0 saturated heterocycles. The first-order valence-electron chi connectivity index (χ1n) is 6.61. The Morgan fingerprint density at radius 2 is 2.00 bits per heavy atom. The van der Waals surface area contributed by atoms with Crippen molar-refractivity contribution in [2.75, 3.05) is 12.4 Å². The number of nitrogens with zero attached hydrogens (tertiary/aromatic N) is 2. The molecule has 0 unspecified atom stereocenters. The number of aromatic nitrogens is 1. The van der Waals surface area contributed by atoms with Gasteiger partial charge in [-0.05, 0) is 30.3 Å². The van der Waals surface area contributed by atoms with Crippen molar-refractivity contribution >= 4 is 17.6 Å². The molecule has 0 aliphatic rings. The fraction of sp³-hybridized carbons (Fsp3) is 0.125. The summed E-state index contributed by atoms with van der Waals surface area (Å²) in [5.74, 6) is -0.131. The second-order valence-corrected chi connectivity index (χ2v) is 4.38. The maximum atomic E-state index is 11.5. The zero-order chi connectivity index (χ0) is 16.7. The highest BCUT2D eigenvalue weighted by molar-refractivity contribution is 5.92. The zero-order valence-electron chi connectivity index (χ0n) is 12.3. The summed E-state index contributed by atoms with van der Waals surface area (Å²) in [6.45, 7) is 0. The second-order valence-electron chi connectivity index (χ2n) is 4.38. The first-order valence-corrected chi connectivity index (χ1v) is 6.61. The molecular formula is C16H13N3O4. The molecule has 1 amide bonds. The van der Waals surface area contributed by atoms with Gasteiger partial charge >= 0.3 is 5.97 Å². The minimum absolute atomic E-state index is 0.206. The molecule has 1 aromatic heterocycles. The van der Waals surface area contributed by atoms with Gasteiger partial charge in [0.05, 0.1) is 18.7 Å². The summed E-state index contributed by atoms with van der Waals surface area (Å²) < 4.78 is 10.2. The van der Waals surface area contributed by atoms with Crippen molar-refractivity contribution in [1.82, 2.24) is 4.98 Å². The summed E-state index contributed by atoms with van der Waals surface area (Å²) in [4.78, 5) is 26.8. The molecule has 116 valence electrons. The Labute approximate surface area is 132 Å². The third-order valence-electron chi connectivity index (χ3n) is 2.76. The van der Waals surface area contributed by atoms with Crippen LogP contribution in [0.1, 0.15) is 16.8 Å². The number of amides is 1. The molecule has 0 fully saturated rings. The molecule has 0 atom stereocenters. The summed E-state index contributed by atoms with van der Waals surface area (Å²) in [6.07, 6.45) is 1.24. The van der Waals surface area contributed by atoms with Gasteiger partial charge in [0.25, 0.3) is 0 Å². The molecule has 0 bridgehead atoms. The lowest BCUT2D eigenvalue weighted by Gasteiger charge is -2.07. The summed E-state index contributed by atoms with van der Waals surface area (Å²) in [7, 11) is 1.29. The van der Waals surface area contributed by atoms with Crippen molar-refractivity contribution in [3.63, 3.8) is 0 Å². The quantitative estimate of drug-likeness (QED) is 0.851. The van der Waals surface area contributed by atoms with Gasteiger partial charge in [-0.15, -0.1) is 0 Å². The molecule has 2 rings (SSSR count). The predicted octanol–water partition coefficient (Wildman–Crippen LogP) is 2.51. The Morgan fingerprint density at radius 1 is 1.26 bits per heavy atom. The lowest BCUT2D eigenvalue weighted by atomic mass is 10.2. The number of rotatable bonds is 5. The van der Waals surface area contributed by atoms with Gasteiger partial charge in [-0.1, -0.05) is 0 Å². The van der Waals surface area contributed by atoms with E-state index in [1.54, 1.807) is 30.3 Å². The minimum Gasteiger partial charge on any atom is -0.465 e. The summed E-state index contributed by atoms with van der Waals surface area (Å²) in [5, 5.41) is 11.0. The number of nitrogens with one attached hydrogen (secondary N) is 1. The lowest BCUT2D eigenvalue weighted by molar-refractivity contribution is -0.115. The van der Waals surface area contributed by atoms with Crippen LogP contribution in [0.25, 0.3) is 0 Å². The van der Waals surface area contributed by atoms with Gasteiger partial charge in [-0.3, -0.25) is 4.79 Å². The van der Waals surface area contributed by atoms with Crippen LogP contribution in [0.15, 0.2) is 42.6 Å². The van der Waals surface area contributed by atoms with E-state index in [4.69, 9.17) is 10.00 Å². The van der Waals surface area contributed by atoms with Gasteiger partial charge < -0.3 is 14.8 Å². The number of benzene rings is 1. The molecule has 2 aromatic rings. The molecule has 0 spiro atoms. The number of methoxy groups -OCH3 is 1. The van der Waals surface area contributed by atoms with Gasteiger partial charge in [0.15, 0.2) is 0 Å². The maximum absolute atomic E-state index is 11.5. The molecule has 23 heavy (non-hydrogen) atoms. The van der Waals surface area contributed by atoms with Crippen LogP contribution in [-0.4, -0.2) is 24.0 Å². The topological polar surface area (TPSA) is 101 Å². The van der Waals surface area contributed by atoms with E-state index >= 15 is 0 Å². The van der Waals surface area contributed by atoms with Crippen LogP contribution < -0.4 is 10.1 Å². The van der Waals surface area contributed by atoms with Crippen LogP contribution in [0.5, 0.6) is 11.6 Å². The van der Waals surface area contributed by atoms with E-state index in [2.05, 4.69) is 15.0 Å². The minimum atomic E-state index is -0.479. The first-order chi connectivity index (χ1) is 11.1. The van der Waals surface area contributed by atoms with Crippen LogP contribution in [0.2, 0.25) is 0 Å². The van der Waals surface area contributed by atoms with Gasteiger partial charge in [0, 0.05) is 18.0 Å². The van der Waals surface area contributed by atoms with Crippen LogP contribution in [0.4, 0.5) is 5.69 Å². The fourth-order valence-electron chi connectivity index (χ4n) is 1.71. The smallest absolute Gasteiger partial charge is 0.338 e. The van der Waals surface area contributed by atoms with E-state index < -0.39 is 5.97 Å². The lowest BCUT2D eigenvalue weighted by Crippen LogP contribution is -2.09. The number of anilines is 1. The molecule has 1 aromatic carbocycles. The Balaban J connectivity index is 2.05. The standard InChI is InChI=1S/C16H13N3O4/c1-22-16(21)11-7-9-18-15(10-11)23-13-4-2-12(3-5-13)19-14(20)6-8-17/h2-5,7,9-10H,6H2,1H3,(H,19,20). The third kappa shape index (κ3) is 4.54. The van der Waals surface area contributed by atoms with Crippen LogP contribution in [-0.2, 0) is 9.53 Å². The number of hydrogen-bond donors (Lipinski definition) is 1. The molecule has 7 heteroatoms. The maximum Gasteiger partial charge on any atom is 0.338 e. The van der Waals surface area contributed by atoms with Gasteiger partial charge in [-0.2, -0.15) is 5.26 Å². The highest BCUT2D eigenvalue weighted by Gasteiger charge is 2.08. The molecule has 0 aliphatic carbocycles. The average molecular weight is 311 g/mol. The van der Waals surface area contributed by atoms with Gasteiger partial charge in [0.1, 0.15) is 12.2 Å². The van der Waals surface area contributed by atoms with Crippen LogP contribution in [0, 0.1) is 11.3 Å². The van der Waals surface area contributed by atoms with E-state index in [0.29, 0.717) is 17.0 Å². The van der Waals surface area contributed by atoms with Gasteiger partial charge in [0.2, 0.25) is 11.8 Å². The van der Waals surface area contributed by atoms with E-state index in [-0.39, 0.29) is 18.2 Å². The molecule has 0 saturated carbocycles. The zero-order valence-corrected chi connectivity index (χ0v) is 12.3. The highest BCUT2D eigenvalue weighted by Crippen LogP contribution is 2.22. The predicted molar refractivity (Wildman–Crippen MR) is 81.0 cm³/mol. The van der Waals surface area contributed by atoms with Crippen molar-refractivity contribution < 1.29 is 19.1 Å². The van der Waals surface area contributed by atoms with Crippen molar-refractivity contribution in [2.45, 2.75) is 6.42 Å². The van der Waals surface area contributed by atoms with Crippen LogP contribution >= 0.6 is 0 Å². The molecular weight excluding hydrogens is 298 g/mol. The van der Waals surface area contributed by atoms with Crippen LogP contribution in [0.3, 0.4) is 0 Å². The molecule has 1 N–H and O–H groups in total. The number of esters is 1. The number of hydrogen-bond acceptors (Lipinski definition) is 6. The Hall–Kier alpha value is -3.40. The highest BCUT2D eigenvalue weighted by atomic mass is 16.5. The van der Waals surface area contributed by atoms with Crippen molar-refractivity contribution in [3.05, 3.63) is 48.2 Å². The molecule has 7 nitrogen and oxygen atoms in total. The summed E-state index contributed by atoms with van der Waals surface area (Å²) >= 11 is 0. The summed E-state index contributed by atoms with van der Waals surface area (Å²) in [6, 6.07) is 11.3. The number of ether oxygens (including phenoxy) is 2. The first kappa shape index (κ1) is 16.0. The Morgan fingerprint density at radius 3 is 2.65 bits per heavy atom. The molecule has 0 radical (unpaired) electrons. The number of nitriles is 1. The fourth-order valence-corrected chi connectivity index (χ4v) is 1.71. The van der Waals surface area contributed by atoms with Crippen molar-refractivity contribution in [3.8, 4) is 17.7 Å². The normalized spacial score (nSPS) is 9.57. The van der Waals surface area contributed by atoms with E-state index in [0.717, 1.165) is 0 Å². The second kappa shape index (κ2) is 7.56. The number of carbonyl (C=O) groups excluding carboxylic acids is 2. The third-order valence-corrected chi connectivity index (χ3v) is 2.76. The number of carbonyl (C=O) groups is 2. The molecule has 1 heterocycles. The average Bonchev–Trinajstić information content (AvgIpc) is 2.56. The van der Waals surface area contributed by atoms with E-state index in [9.17, 15) is 9.59 Å². The largest absolute Gasteiger partial charge is 0.465 e. The van der Waals surface area contributed by atoms with Crippen molar-refractivity contribution in [2.24, 2.45) is 0 Å². The summed E-state index contributed by atoms with van der Waals surface area (Å²) in [5.41, 5.74) is 0.881. The Bertz CT molecular complexity index is 751. The number of pyridine rings is 1. The Kier molecular flexibility index (Phi) is 5.25. The monoisotopic (exact) mass is 311 g/mol. The van der Waals surface area contributed by atoms with E-state index in [1.807, 2.05) is 0 Å². The SMILES string of the molecule is COC(=O)c1ccnc(Oc2ccc(NC(=O)CC#N)cc2)c1. The molecule has 0 aliphatic heterocycles. The van der Waals surface area contributed by atoms with E-state index in [1.165, 1.54) is 25.4 Å². The van der Waals surface area contributed by atoms with Gasteiger partial charge in [-0.25, -0.2) is 9.78 Å². The van der Waals surface area contributed by atoms with Crippen molar-refractivity contribution in [1.29, 1.82) is 5.26 Å².